The second-order valence-electron chi connectivity index (χ2n) is 7.68. The average molecular weight is 403 g/mol. The predicted molar refractivity (Wildman–Crippen MR) is 110 cm³/mol. The first-order valence-corrected chi connectivity index (χ1v) is 10.3. The lowest BCUT2D eigenvalue weighted by Gasteiger charge is -2.34. The van der Waals surface area contributed by atoms with Crippen molar-refractivity contribution in [2.75, 3.05) is 44.6 Å². The van der Waals surface area contributed by atoms with Gasteiger partial charge in [0.2, 0.25) is 5.91 Å². The number of amides is 2. The molecule has 1 aliphatic carbocycles. The third-order valence-corrected chi connectivity index (χ3v) is 5.26. The molecule has 1 saturated heterocycles. The number of benzene rings is 1. The zero-order valence-electron chi connectivity index (χ0n) is 16.9. The van der Waals surface area contributed by atoms with Gasteiger partial charge in [-0.3, -0.25) is 24.6 Å². The molecule has 0 radical (unpaired) electrons. The Kier molecular flexibility index (Phi) is 7.03. The highest BCUT2D eigenvalue weighted by molar-refractivity contribution is 5.96. The number of rotatable bonds is 9. The third kappa shape index (κ3) is 5.90. The van der Waals surface area contributed by atoms with Gasteiger partial charge in [-0.1, -0.05) is 13.3 Å². The van der Waals surface area contributed by atoms with Crippen LogP contribution in [0.15, 0.2) is 18.2 Å². The molecule has 0 atom stereocenters. The molecule has 0 spiro atoms. The van der Waals surface area contributed by atoms with Crippen LogP contribution in [0.3, 0.4) is 0 Å². The topological polar surface area (TPSA) is 108 Å². The Bertz CT molecular complexity index is 757. The maximum atomic E-state index is 12.8. The van der Waals surface area contributed by atoms with Crippen LogP contribution in [0.2, 0.25) is 0 Å². The number of nitrogens with zero attached hydrogens (tertiary/aromatic N) is 3. The van der Waals surface area contributed by atoms with Gasteiger partial charge in [-0.05, 0) is 31.4 Å². The van der Waals surface area contributed by atoms with Gasteiger partial charge in [0.15, 0.2) is 0 Å². The average Bonchev–Trinajstić information content (AvgIpc) is 3.52. The molecule has 2 fully saturated rings. The number of piperazine rings is 1. The lowest BCUT2D eigenvalue weighted by atomic mass is 10.1. The number of hydrogen-bond acceptors (Lipinski definition) is 6. The van der Waals surface area contributed by atoms with Gasteiger partial charge in [0, 0.05) is 50.4 Å². The molecular weight excluding hydrogens is 374 g/mol. The molecule has 0 unspecified atom stereocenters. The Morgan fingerprint density at radius 3 is 2.55 bits per heavy atom. The summed E-state index contributed by atoms with van der Waals surface area (Å²) in [7, 11) is 0. The number of nitro groups is 1. The van der Waals surface area contributed by atoms with E-state index in [2.05, 4.69) is 17.6 Å². The molecule has 1 saturated carbocycles. The Hall–Kier alpha value is -2.68. The minimum atomic E-state index is -0.448. The van der Waals surface area contributed by atoms with Crippen molar-refractivity contribution in [2.24, 2.45) is 0 Å². The molecule has 158 valence electrons. The van der Waals surface area contributed by atoms with Crippen LogP contribution in [-0.4, -0.2) is 71.8 Å². The number of unbranched alkanes of at least 4 members (excludes halogenated alkanes) is 1. The Morgan fingerprint density at radius 1 is 1.21 bits per heavy atom. The largest absolute Gasteiger partial charge is 0.377 e. The van der Waals surface area contributed by atoms with Gasteiger partial charge in [0.05, 0.1) is 11.5 Å². The van der Waals surface area contributed by atoms with E-state index < -0.39 is 4.92 Å². The van der Waals surface area contributed by atoms with E-state index in [-0.39, 0.29) is 17.5 Å². The fourth-order valence-electron chi connectivity index (χ4n) is 3.34. The highest BCUT2D eigenvalue weighted by Gasteiger charge is 2.28. The monoisotopic (exact) mass is 403 g/mol. The second-order valence-corrected chi connectivity index (χ2v) is 7.68. The van der Waals surface area contributed by atoms with Gasteiger partial charge < -0.3 is 15.5 Å². The third-order valence-electron chi connectivity index (χ3n) is 5.26. The summed E-state index contributed by atoms with van der Waals surface area (Å²) in [6.07, 6.45) is 4.03. The van der Waals surface area contributed by atoms with Crippen LogP contribution in [0.4, 0.5) is 11.4 Å². The van der Waals surface area contributed by atoms with E-state index in [1.807, 2.05) is 4.90 Å². The first-order chi connectivity index (χ1) is 14.0. The molecule has 1 aromatic carbocycles. The maximum absolute atomic E-state index is 12.8. The van der Waals surface area contributed by atoms with Gasteiger partial charge in [-0.2, -0.15) is 0 Å². The first kappa shape index (κ1) is 21.0. The summed E-state index contributed by atoms with van der Waals surface area (Å²) in [5.41, 5.74) is 0.724. The lowest BCUT2D eigenvalue weighted by molar-refractivity contribution is -0.384. The summed E-state index contributed by atoms with van der Waals surface area (Å²) in [6.45, 7) is 5.31. The molecule has 0 bridgehead atoms. The second kappa shape index (κ2) is 9.69. The molecule has 9 nitrogen and oxygen atoms in total. The van der Waals surface area contributed by atoms with E-state index in [9.17, 15) is 19.7 Å². The van der Waals surface area contributed by atoms with Gasteiger partial charge in [0.25, 0.3) is 11.6 Å². The minimum absolute atomic E-state index is 0.00704. The molecule has 1 aliphatic heterocycles. The molecular formula is C20H29N5O4. The minimum Gasteiger partial charge on any atom is -0.377 e. The Labute approximate surface area is 170 Å². The molecule has 2 N–H and O–H groups in total. The van der Waals surface area contributed by atoms with E-state index in [4.69, 9.17) is 0 Å². The molecule has 1 heterocycles. The zero-order valence-corrected chi connectivity index (χ0v) is 16.9. The van der Waals surface area contributed by atoms with E-state index in [0.717, 1.165) is 25.7 Å². The summed E-state index contributed by atoms with van der Waals surface area (Å²) in [5.74, 6) is -0.203. The number of hydrogen-bond donors (Lipinski definition) is 2. The Morgan fingerprint density at radius 2 is 1.93 bits per heavy atom. The summed E-state index contributed by atoms with van der Waals surface area (Å²) in [6, 6.07) is 4.93. The standard InChI is InChI=1S/C20H29N5O4/c1-2-3-8-21-19(26)14-23-9-11-24(12-10-23)20(27)15-4-7-17(22-16-5-6-16)18(13-15)25(28)29/h4,7,13,16,22H,2-3,5-6,8-12,14H2,1H3,(H,21,26). The van der Waals surface area contributed by atoms with Crippen LogP contribution in [0.1, 0.15) is 43.0 Å². The molecule has 1 aromatic rings. The highest BCUT2D eigenvalue weighted by atomic mass is 16.6. The van der Waals surface area contributed by atoms with Crippen LogP contribution in [0, 0.1) is 10.1 Å². The van der Waals surface area contributed by atoms with Gasteiger partial charge in [-0.25, -0.2) is 0 Å². The molecule has 29 heavy (non-hydrogen) atoms. The molecule has 2 aliphatic rings. The van der Waals surface area contributed by atoms with Crippen molar-refractivity contribution >= 4 is 23.2 Å². The first-order valence-electron chi connectivity index (χ1n) is 10.3. The highest BCUT2D eigenvalue weighted by Crippen LogP contribution is 2.31. The summed E-state index contributed by atoms with van der Waals surface area (Å²) < 4.78 is 0. The quantitative estimate of drug-likeness (QED) is 0.370. The van der Waals surface area contributed by atoms with Crippen molar-refractivity contribution in [3.63, 3.8) is 0 Å². The van der Waals surface area contributed by atoms with Crippen LogP contribution < -0.4 is 10.6 Å². The van der Waals surface area contributed by atoms with Crippen LogP contribution in [0.5, 0.6) is 0 Å². The fourth-order valence-corrected chi connectivity index (χ4v) is 3.34. The van der Waals surface area contributed by atoms with E-state index in [1.165, 1.54) is 6.07 Å². The van der Waals surface area contributed by atoms with E-state index in [1.54, 1.807) is 17.0 Å². The maximum Gasteiger partial charge on any atom is 0.293 e. The van der Waals surface area contributed by atoms with Crippen molar-refractivity contribution in [1.82, 2.24) is 15.1 Å². The van der Waals surface area contributed by atoms with Crippen LogP contribution in [0.25, 0.3) is 0 Å². The summed E-state index contributed by atoms with van der Waals surface area (Å²) in [5, 5.41) is 17.5. The number of carbonyl (C=O) groups excluding carboxylic acids is 2. The van der Waals surface area contributed by atoms with Gasteiger partial charge >= 0.3 is 0 Å². The normalized spacial score (nSPS) is 17.1. The Balaban J connectivity index is 1.54. The summed E-state index contributed by atoms with van der Waals surface area (Å²) >= 11 is 0. The number of nitrogens with one attached hydrogen (secondary N) is 2. The van der Waals surface area contributed by atoms with Crippen molar-refractivity contribution in [1.29, 1.82) is 0 Å². The van der Waals surface area contributed by atoms with E-state index >= 15 is 0 Å². The van der Waals surface area contributed by atoms with Crippen molar-refractivity contribution in [3.05, 3.63) is 33.9 Å². The number of anilines is 1. The van der Waals surface area contributed by atoms with Crippen LogP contribution >= 0.6 is 0 Å². The van der Waals surface area contributed by atoms with Crippen molar-refractivity contribution in [3.8, 4) is 0 Å². The van der Waals surface area contributed by atoms with Crippen molar-refractivity contribution < 1.29 is 14.5 Å². The predicted octanol–water partition coefficient (Wildman–Crippen LogP) is 1.84. The molecule has 3 rings (SSSR count). The van der Waals surface area contributed by atoms with E-state index in [0.29, 0.717) is 56.6 Å². The van der Waals surface area contributed by atoms with Gasteiger partial charge in [-0.15, -0.1) is 0 Å². The zero-order chi connectivity index (χ0) is 20.8. The SMILES string of the molecule is CCCCNC(=O)CN1CCN(C(=O)c2ccc(NC3CC3)c([N+](=O)[O-])c2)CC1. The van der Waals surface area contributed by atoms with Gasteiger partial charge in [0.1, 0.15) is 5.69 Å². The number of carbonyl (C=O) groups is 2. The van der Waals surface area contributed by atoms with Crippen LogP contribution in [-0.2, 0) is 4.79 Å². The smallest absolute Gasteiger partial charge is 0.293 e. The molecule has 9 heteroatoms. The molecule has 2 amide bonds. The molecule has 0 aromatic heterocycles. The number of nitro benzene ring substituents is 1. The van der Waals surface area contributed by atoms with Crippen molar-refractivity contribution in [2.45, 2.75) is 38.6 Å². The fraction of sp³-hybridized carbons (Fsp3) is 0.600. The lowest BCUT2D eigenvalue weighted by Crippen LogP contribution is -2.51. The summed E-state index contributed by atoms with van der Waals surface area (Å²) in [4.78, 5) is 39.4.